The summed E-state index contributed by atoms with van der Waals surface area (Å²) in [5.41, 5.74) is 3.54. The lowest BCUT2D eigenvalue weighted by Crippen LogP contribution is -2.40. The number of methoxy groups -OCH3 is 1. The number of aromatic amines is 1. The number of carbonyl (C=O) groups is 1. The summed E-state index contributed by atoms with van der Waals surface area (Å²) in [6, 6.07) is 5.66. The maximum Gasteiger partial charge on any atom is 0.256 e. The third-order valence-electron chi connectivity index (χ3n) is 6.41. The van der Waals surface area contributed by atoms with Gasteiger partial charge in [0.25, 0.3) is 11.5 Å². The number of aryl methyl sites for hydroxylation is 1. The Morgan fingerprint density at radius 1 is 1.26 bits per heavy atom. The largest absolute Gasteiger partial charge is 0.496 e. The number of fused-ring (bicyclic) bond motifs is 1. The Bertz CT molecular complexity index is 1260. The van der Waals surface area contributed by atoms with Crippen LogP contribution in [0.1, 0.15) is 46.9 Å². The highest BCUT2D eigenvalue weighted by atomic mass is 35.5. The van der Waals surface area contributed by atoms with Crippen molar-refractivity contribution >= 4 is 34.2 Å². The van der Waals surface area contributed by atoms with Crippen LogP contribution in [0.15, 0.2) is 27.4 Å². The second-order valence-electron chi connectivity index (χ2n) is 8.50. The smallest absolute Gasteiger partial charge is 0.256 e. The molecule has 3 aromatic rings. The molecule has 0 atom stereocenters. The fraction of sp³-hybridized carbons (Fsp3) is 0.440. The Morgan fingerprint density at radius 3 is 2.68 bits per heavy atom. The van der Waals surface area contributed by atoms with Gasteiger partial charge in [0.1, 0.15) is 11.3 Å². The zero-order valence-corrected chi connectivity index (χ0v) is 20.7. The summed E-state index contributed by atoms with van der Waals surface area (Å²) in [5.74, 6) is 0.118. The maximum atomic E-state index is 13.5. The van der Waals surface area contributed by atoms with Crippen molar-refractivity contribution in [1.82, 2.24) is 10.3 Å². The minimum Gasteiger partial charge on any atom is -0.496 e. The van der Waals surface area contributed by atoms with Crippen LogP contribution >= 0.6 is 11.6 Å². The third-order valence-corrected chi connectivity index (χ3v) is 6.60. The first kappa shape index (κ1) is 24.2. The average molecular weight is 488 g/mol. The SMILES string of the molecule is CCN(c1cc2oc(Cl)cc2c(C(=O)NCc2c(OC)cc(C)[nH]c2=O)c1C)C1CCOCC1. The number of furan rings is 1. The van der Waals surface area contributed by atoms with Crippen molar-refractivity contribution in [3.8, 4) is 5.75 Å². The molecule has 1 aromatic carbocycles. The molecule has 9 heteroatoms. The Labute approximate surface area is 203 Å². The Hall–Kier alpha value is -2.97. The number of pyridine rings is 1. The van der Waals surface area contributed by atoms with Crippen LogP contribution in [0.25, 0.3) is 11.0 Å². The van der Waals surface area contributed by atoms with Crippen molar-refractivity contribution in [3.05, 3.63) is 56.2 Å². The Balaban J connectivity index is 1.72. The van der Waals surface area contributed by atoms with E-state index in [1.807, 2.05) is 13.0 Å². The van der Waals surface area contributed by atoms with E-state index in [0.717, 1.165) is 43.9 Å². The van der Waals surface area contributed by atoms with Crippen LogP contribution in [-0.2, 0) is 11.3 Å². The van der Waals surface area contributed by atoms with Crippen molar-refractivity contribution in [3.63, 3.8) is 0 Å². The maximum absolute atomic E-state index is 13.5. The molecular formula is C25H30ClN3O5. The fourth-order valence-corrected chi connectivity index (χ4v) is 4.94. The number of ether oxygens (including phenoxy) is 2. The molecule has 3 heterocycles. The first-order valence-corrected chi connectivity index (χ1v) is 11.8. The van der Waals surface area contributed by atoms with E-state index in [-0.39, 0.29) is 23.2 Å². The van der Waals surface area contributed by atoms with E-state index < -0.39 is 0 Å². The van der Waals surface area contributed by atoms with E-state index in [1.54, 1.807) is 19.1 Å². The summed E-state index contributed by atoms with van der Waals surface area (Å²) in [6.45, 7) is 8.05. The van der Waals surface area contributed by atoms with Crippen LogP contribution in [-0.4, -0.2) is 43.8 Å². The van der Waals surface area contributed by atoms with E-state index in [0.29, 0.717) is 39.6 Å². The lowest BCUT2D eigenvalue weighted by Gasteiger charge is -2.36. The minimum absolute atomic E-state index is 0.0197. The van der Waals surface area contributed by atoms with Gasteiger partial charge in [-0.1, -0.05) is 0 Å². The average Bonchev–Trinajstić information content (AvgIpc) is 3.18. The van der Waals surface area contributed by atoms with Gasteiger partial charge in [0.2, 0.25) is 0 Å². The molecule has 182 valence electrons. The van der Waals surface area contributed by atoms with Gasteiger partial charge in [0, 0.05) is 54.7 Å². The molecule has 34 heavy (non-hydrogen) atoms. The molecule has 2 aromatic heterocycles. The summed E-state index contributed by atoms with van der Waals surface area (Å²) in [6.07, 6.45) is 1.84. The highest BCUT2D eigenvalue weighted by molar-refractivity contribution is 6.30. The van der Waals surface area contributed by atoms with Crippen LogP contribution in [0.2, 0.25) is 5.22 Å². The van der Waals surface area contributed by atoms with Gasteiger partial charge in [-0.3, -0.25) is 9.59 Å². The molecule has 1 fully saturated rings. The topological polar surface area (TPSA) is 96.8 Å². The highest BCUT2D eigenvalue weighted by Crippen LogP contribution is 2.36. The lowest BCUT2D eigenvalue weighted by molar-refractivity contribution is 0.0846. The number of rotatable bonds is 7. The number of hydrogen-bond acceptors (Lipinski definition) is 6. The number of nitrogens with one attached hydrogen (secondary N) is 2. The van der Waals surface area contributed by atoms with Crippen LogP contribution in [0.3, 0.4) is 0 Å². The number of nitrogens with zero attached hydrogens (tertiary/aromatic N) is 1. The lowest BCUT2D eigenvalue weighted by atomic mass is 9.98. The van der Waals surface area contributed by atoms with Crippen LogP contribution in [0.4, 0.5) is 5.69 Å². The molecule has 2 N–H and O–H groups in total. The number of benzene rings is 1. The predicted octanol–water partition coefficient (Wildman–Crippen LogP) is 4.34. The standard InChI is InChI=1S/C25H30ClN3O5/c1-5-29(16-6-8-33-9-7-16)19-12-21-17(11-22(26)34-21)23(15(19)3)25(31)27-13-18-20(32-4)10-14(2)28-24(18)30/h10-12,16H,5-9,13H2,1-4H3,(H,27,31)(H,28,30). The Morgan fingerprint density at radius 2 is 2.00 bits per heavy atom. The molecule has 0 aliphatic carbocycles. The summed E-state index contributed by atoms with van der Waals surface area (Å²) in [7, 11) is 1.50. The molecule has 0 radical (unpaired) electrons. The molecule has 1 saturated heterocycles. The summed E-state index contributed by atoms with van der Waals surface area (Å²) in [4.78, 5) is 31.0. The van der Waals surface area contributed by atoms with Gasteiger partial charge in [0.05, 0.1) is 24.8 Å². The molecule has 1 aliphatic heterocycles. The summed E-state index contributed by atoms with van der Waals surface area (Å²) in [5, 5.41) is 3.74. The molecule has 0 bridgehead atoms. The molecule has 0 unspecified atom stereocenters. The molecule has 1 aliphatic rings. The predicted molar refractivity (Wildman–Crippen MR) is 132 cm³/mol. The van der Waals surface area contributed by atoms with Crippen LogP contribution < -0.4 is 20.5 Å². The molecule has 8 nitrogen and oxygen atoms in total. The van der Waals surface area contributed by atoms with Gasteiger partial charge in [-0.05, 0) is 56.8 Å². The molecule has 0 saturated carbocycles. The van der Waals surface area contributed by atoms with Crippen LogP contribution in [0, 0.1) is 13.8 Å². The van der Waals surface area contributed by atoms with Gasteiger partial charge < -0.3 is 29.1 Å². The van der Waals surface area contributed by atoms with Crippen molar-refractivity contribution in [2.24, 2.45) is 0 Å². The fourth-order valence-electron chi connectivity index (χ4n) is 4.74. The first-order valence-electron chi connectivity index (χ1n) is 11.5. The van der Waals surface area contributed by atoms with E-state index in [4.69, 9.17) is 25.5 Å². The third kappa shape index (κ3) is 4.65. The number of anilines is 1. The number of H-pyrrole nitrogens is 1. The normalized spacial score (nSPS) is 14.4. The van der Waals surface area contributed by atoms with Crippen molar-refractivity contribution in [2.45, 2.75) is 46.2 Å². The molecular weight excluding hydrogens is 458 g/mol. The van der Waals surface area contributed by atoms with E-state index >= 15 is 0 Å². The number of amides is 1. The second-order valence-corrected chi connectivity index (χ2v) is 8.87. The number of carbonyl (C=O) groups excluding carboxylic acids is 1. The number of hydrogen-bond donors (Lipinski definition) is 2. The minimum atomic E-state index is -0.313. The van der Waals surface area contributed by atoms with Gasteiger partial charge in [0.15, 0.2) is 5.22 Å². The highest BCUT2D eigenvalue weighted by Gasteiger charge is 2.27. The van der Waals surface area contributed by atoms with Gasteiger partial charge in [-0.25, -0.2) is 0 Å². The van der Waals surface area contributed by atoms with Gasteiger partial charge >= 0.3 is 0 Å². The molecule has 1 amide bonds. The number of halogens is 1. The van der Waals surface area contributed by atoms with E-state index in [1.165, 1.54) is 7.11 Å². The summed E-state index contributed by atoms with van der Waals surface area (Å²) >= 11 is 6.18. The van der Waals surface area contributed by atoms with Gasteiger partial charge in [-0.15, -0.1) is 0 Å². The van der Waals surface area contributed by atoms with Crippen molar-refractivity contribution in [2.75, 3.05) is 31.8 Å². The Kier molecular flexibility index (Phi) is 7.19. The zero-order chi connectivity index (χ0) is 24.4. The summed E-state index contributed by atoms with van der Waals surface area (Å²) < 4.78 is 16.6. The van der Waals surface area contributed by atoms with Crippen LogP contribution in [0.5, 0.6) is 5.75 Å². The second kappa shape index (κ2) is 10.1. The monoisotopic (exact) mass is 487 g/mol. The van der Waals surface area contributed by atoms with Gasteiger partial charge in [-0.2, -0.15) is 0 Å². The number of aromatic nitrogens is 1. The van der Waals surface area contributed by atoms with Crippen molar-refractivity contribution < 1.29 is 18.7 Å². The quantitative estimate of drug-likeness (QED) is 0.514. The van der Waals surface area contributed by atoms with E-state index in [2.05, 4.69) is 22.1 Å². The zero-order valence-electron chi connectivity index (χ0n) is 19.9. The van der Waals surface area contributed by atoms with E-state index in [9.17, 15) is 9.59 Å². The van der Waals surface area contributed by atoms with Crippen molar-refractivity contribution in [1.29, 1.82) is 0 Å². The molecule has 4 rings (SSSR count). The first-order chi connectivity index (χ1) is 16.3. The molecule has 0 spiro atoms.